The summed E-state index contributed by atoms with van der Waals surface area (Å²) in [6, 6.07) is 32.6. The average Bonchev–Trinajstić information content (AvgIpc) is 3.05. The first kappa shape index (κ1) is 32.4. The Morgan fingerprint density at radius 2 is 1.36 bits per heavy atom. The van der Waals surface area contributed by atoms with Crippen molar-refractivity contribution in [2.75, 3.05) is 13.7 Å². The SMILES string of the molecule is CCNS(=O)(=O)c1ccc(CCC(=O)N(Cc2ccc(OC)cc2)[C@@H](Cc2ccccc2)C(=O)NCc2ccccc2)cc1. The second-order valence-electron chi connectivity index (χ2n) is 10.4. The van der Waals surface area contributed by atoms with Crippen molar-refractivity contribution < 1.29 is 22.7 Å². The molecule has 4 rings (SSSR count). The minimum atomic E-state index is -3.57. The predicted octanol–water partition coefficient (Wildman–Crippen LogP) is 4.88. The molecule has 4 aromatic rings. The van der Waals surface area contributed by atoms with Crippen LogP contribution in [0.1, 0.15) is 35.6 Å². The number of rotatable bonds is 15. The molecular weight excluding hydrogens is 574 g/mol. The Morgan fingerprint density at radius 1 is 0.773 bits per heavy atom. The first-order chi connectivity index (χ1) is 21.3. The lowest BCUT2D eigenvalue weighted by Crippen LogP contribution is -2.50. The third-order valence-electron chi connectivity index (χ3n) is 7.29. The van der Waals surface area contributed by atoms with E-state index in [1.807, 2.05) is 84.9 Å². The normalized spacial score (nSPS) is 11.9. The second-order valence-corrected chi connectivity index (χ2v) is 12.2. The van der Waals surface area contributed by atoms with E-state index in [1.54, 1.807) is 43.2 Å². The van der Waals surface area contributed by atoms with Crippen LogP contribution in [0.5, 0.6) is 5.75 Å². The molecule has 9 heteroatoms. The Kier molecular flexibility index (Phi) is 11.7. The van der Waals surface area contributed by atoms with E-state index in [1.165, 1.54) is 0 Å². The van der Waals surface area contributed by atoms with Gasteiger partial charge >= 0.3 is 0 Å². The van der Waals surface area contributed by atoms with Crippen molar-refractivity contribution in [2.45, 2.75) is 50.2 Å². The highest BCUT2D eigenvalue weighted by molar-refractivity contribution is 7.89. The Labute approximate surface area is 260 Å². The molecule has 0 spiro atoms. The average molecular weight is 614 g/mol. The number of hydrogen-bond acceptors (Lipinski definition) is 5. The Balaban J connectivity index is 1.59. The van der Waals surface area contributed by atoms with Gasteiger partial charge in [0, 0.05) is 32.5 Å². The van der Waals surface area contributed by atoms with E-state index in [4.69, 9.17) is 4.74 Å². The minimum absolute atomic E-state index is 0.146. The zero-order valence-electron chi connectivity index (χ0n) is 25.1. The maximum atomic E-state index is 14.0. The summed E-state index contributed by atoms with van der Waals surface area (Å²) in [5.74, 6) is 0.283. The molecule has 230 valence electrons. The van der Waals surface area contributed by atoms with Gasteiger partial charge in [0.05, 0.1) is 12.0 Å². The van der Waals surface area contributed by atoms with Crippen molar-refractivity contribution >= 4 is 21.8 Å². The number of methoxy groups -OCH3 is 1. The lowest BCUT2D eigenvalue weighted by atomic mass is 10.0. The molecule has 0 fully saturated rings. The van der Waals surface area contributed by atoms with Gasteiger partial charge in [-0.1, -0.05) is 91.9 Å². The van der Waals surface area contributed by atoms with Gasteiger partial charge in [-0.2, -0.15) is 0 Å². The highest BCUT2D eigenvalue weighted by atomic mass is 32.2. The van der Waals surface area contributed by atoms with E-state index in [2.05, 4.69) is 10.0 Å². The summed E-state index contributed by atoms with van der Waals surface area (Å²) in [6.45, 7) is 2.60. The zero-order valence-corrected chi connectivity index (χ0v) is 25.9. The maximum absolute atomic E-state index is 14.0. The van der Waals surface area contributed by atoms with Crippen LogP contribution in [0.25, 0.3) is 0 Å². The van der Waals surface area contributed by atoms with Gasteiger partial charge in [0.25, 0.3) is 0 Å². The highest BCUT2D eigenvalue weighted by Gasteiger charge is 2.30. The molecule has 0 saturated carbocycles. The third-order valence-corrected chi connectivity index (χ3v) is 8.85. The van der Waals surface area contributed by atoms with Crippen LogP contribution in [0.2, 0.25) is 0 Å². The third kappa shape index (κ3) is 9.26. The number of carbonyl (C=O) groups excluding carboxylic acids is 2. The van der Waals surface area contributed by atoms with Crippen LogP contribution in [0, 0.1) is 0 Å². The first-order valence-electron chi connectivity index (χ1n) is 14.7. The van der Waals surface area contributed by atoms with Crippen LogP contribution in [0.3, 0.4) is 0 Å². The van der Waals surface area contributed by atoms with Gasteiger partial charge in [0.2, 0.25) is 21.8 Å². The second kappa shape index (κ2) is 15.8. The molecular formula is C35H39N3O5S. The Morgan fingerprint density at radius 3 is 1.95 bits per heavy atom. The van der Waals surface area contributed by atoms with Gasteiger partial charge in [0.1, 0.15) is 11.8 Å². The highest BCUT2D eigenvalue weighted by Crippen LogP contribution is 2.20. The van der Waals surface area contributed by atoms with E-state index in [0.717, 1.165) is 22.3 Å². The topological polar surface area (TPSA) is 105 Å². The summed E-state index contributed by atoms with van der Waals surface area (Å²) in [7, 11) is -1.97. The number of ether oxygens (including phenoxy) is 1. The standard InChI is InChI=1S/C35H39N3O5S/c1-3-37-44(41,42)32-21-16-27(17-22-32)18-23-34(39)38(26-30-14-19-31(43-2)20-15-30)33(24-28-10-6-4-7-11-28)35(40)36-25-29-12-8-5-9-13-29/h4-17,19-22,33,37H,3,18,23-26H2,1-2H3,(H,36,40)/t33-/m0/s1. The van der Waals surface area contributed by atoms with Gasteiger partial charge in [-0.3, -0.25) is 9.59 Å². The fourth-order valence-corrected chi connectivity index (χ4v) is 5.93. The first-order valence-corrected chi connectivity index (χ1v) is 16.1. The lowest BCUT2D eigenvalue weighted by molar-refractivity contribution is -0.141. The number of nitrogens with one attached hydrogen (secondary N) is 2. The maximum Gasteiger partial charge on any atom is 0.243 e. The molecule has 4 aromatic carbocycles. The van der Waals surface area contributed by atoms with Gasteiger partial charge in [-0.25, -0.2) is 13.1 Å². The summed E-state index contributed by atoms with van der Waals surface area (Å²) >= 11 is 0. The van der Waals surface area contributed by atoms with Crippen molar-refractivity contribution in [1.82, 2.24) is 14.9 Å². The predicted molar refractivity (Wildman–Crippen MR) is 171 cm³/mol. The summed E-state index contributed by atoms with van der Waals surface area (Å²) in [6.07, 6.45) is 0.885. The number of sulfonamides is 1. The van der Waals surface area contributed by atoms with Gasteiger partial charge in [-0.05, 0) is 52.9 Å². The number of hydrogen-bond donors (Lipinski definition) is 2. The molecule has 2 N–H and O–H groups in total. The van der Waals surface area contributed by atoms with Gasteiger partial charge in [-0.15, -0.1) is 0 Å². The molecule has 0 unspecified atom stereocenters. The molecule has 0 radical (unpaired) electrons. The van der Waals surface area contributed by atoms with Crippen molar-refractivity contribution in [2.24, 2.45) is 0 Å². The molecule has 44 heavy (non-hydrogen) atoms. The number of amides is 2. The van der Waals surface area contributed by atoms with Crippen LogP contribution in [-0.2, 0) is 45.5 Å². The Bertz CT molecular complexity index is 1590. The molecule has 0 aliphatic rings. The summed E-state index contributed by atoms with van der Waals surface area (Å²) in [4.78, 5) is 29.6. The quantitative estimate of drug-likeness (QED) is 0.199. The van der Waals surface area contributed by atoms with Gasteiger partial charge < -0.3 is 15.0 Å². The van der Waals surface area contributed by atoms with E-state index in [0.29, 0.717) is 31.7 Å². The van der Waals surface area contributed by atoms with Crippen LogP contribution >= 0.6 is 0 Å². The van der Waals surface area contributed by atoms with Crippen molar-refractivity contribution in [3.8, 4) is 5.75 Å². The molecule has 1 atom stereocenters. The summed E-state index contributed by atoms with van der Waals surface area (Å²) < 4.78 is 32.4. The molecule has 0 aliphatic carbocycles. The molecule has 0 aliphatic heterocycles. The lowest BCUT2D eigenvalue weighted by Gasteiger charge is -2.32. The Hall–Kier alpha value is -4.47. The molecule has 0 aromatic heterocycles. The molecule has 8 nitrogen and oxygen atoms in total. The van der Waals surface area contributed by atoms with Crippen LogP contribution in [-0.4, -0.2) is 44.8 Å². The minimum Gasteiger partial charge on any atom is -0.497 e. The molecule has 2 amide bonds. The summed E-state index contributed by atoms with van der Waals surface area (Å²) in [5.41, 5.74) is 3.60. The fraction of sp³-hybridized carbons (Fsp3) is 0.257. The van der Waals surface area contributed by atoms with Gasteiger partial charge in [0.15, 0.2) is 0 Å². The van der Waals surface area contributed by atoms with Crippen molar-refractivity contribution in [3.63, 3.8) is 0 Å². The van der Waals surface area contributed by atoms with Crippen LogP contribution in [0.15, 0.2) is 114 Å². The van der Waals surface area contributed by atoms with E-state index < -0.39 is 16.1 Å². The molecule has 0 bridgehead atoms. The van der Waals surface area contributed by atoms with Crippen molar-refractivity contribution in [1.29, 1.82) is 0 Å². The van der Waals surface area contributed by atoms with E-state index in [9.17, 15) is 18.0 Å². The summed E-state index contributed by atoms with van der Waals surface area (Å²) in [5, 5.41) is 3.05. The smallest absolute Gasteiger partial charge is 0.243 e. The largest absolute Gasteiger partial charge is 0.497 e. The fourth-order valence-electron chi connectivity index (χ4n) is 4.89. The molecule has 0 heterocycles. The zero-order chi connectivity index (χ0) is 31.4. The van der Waals surface area contributed by atoms with E-state index in [-0.39, 0.29) is 29.7 Å². The number of carbonyl (C=O) groups is 2. The van der Waals surface area contributed by atoms with Crippen LogP contribution < -0.4 is 14.8 Å². The number of nitrogens with zero attached hydrogens (tertiary/aromatic N) is 1. The monoisotopic (exact) mass is 613 g/mol. The van der Waals surface area contributed by atoms with Crippen LogP contribution in [0.4, 0.5) is 0 Å². The number of aryl methyl sites for hydroxylation is 1. The number of benzene rings is 4. The van der Waals surface area contributed by atoms with E-state index >= 15 is 0 Å². The van der Waals surface area contributed by atoms with Crippen molar-refractivity contribution in [3.05, 3.63) is 131 Å². The molecule has 0 saturated heterocycles.